The summed E-state index contributed by atoms with van der Waals surface area (Å²) in [5.41, 5.74) is 8.79. The molecule has 2 aromatic carbocycles. The molecular formula is C16H17NO2. The van der Waals surface area contributed by atoms with Gasteiger partial charge in [-0.3, -0.25) is 0 Å². The van der Waals surface area contributed by atoms with Gasteiger partial charge in [-0.15, -0.1) is 0 Å². The standard InChI is InChI=1S/C16H17NO2/c1-11-15(13-9-5-6-10-14(13)17)19-16(18-11)12-7-3-2-4-8-12/h2-11,15-16H,17H2,1H3. The van der Waals surface area contributed by atoms with E-state index in [0.717, 1.165) is 16.8 Å². The molecule has 0 aliphatic carbocycles. The van der Waals surface area contributed by atoms with Crippen molar-refractivity contribution in [2.24, 2.45) is 0 Å². The lowest BCUT2D eigenvalue weighted by Crippen LogP contribution is -2.12. The maximum Gasteiger partial charge on any atom is 0.185 e. The van der Waals surface area contributed by atoms with Crippen LogP contribution in [0.2, 0.25) is 0 Å². The summed E-state index contributed by atoms with van der Waals surface area (Å²) < 4.78 is 11.9. The molecule has 0 amide bonds. The Labute approximate surface area is 113 Å². The summed E-state index contributed by atoms with van der Waals surface area (Å²) in [6, 6.07) is 17.7. The smallest absolute Gasteiger partial charge is 0.185 e. The monoisotopic (exact) mass is 255 g/mol. The fourth-order valence-corrected chi connectivity index (χ4v) is 2.41. The largest absolute Gasteiger partial charge is 0.398 e. The van der Waals surface area contributed by atoms with Crippen LogP contribution in [0.15, 0.2) is 54.6 Å². The number of benzene rings is 2. The van der Waals surface area contributed by atoms with Crippen molar-refractivity contribution in [1.82, 2.24) is 0 Å². The molecule has 3 heteroatoms. The van der Waals surface area contributed by atoms with E-state index in [1.54, 1.807) is 0 Å². The minimum atomic E-state index is -0.319. The molecule has 3 atom stereocenters. The van der Waals surface area contributed by atoms with E-state index in [1.807, 2.05) is 61.5 Å². The summed E-state index contributed by atoms with van der Waals surface area (Å²) in [5.74, 6) is 0. The molecule has 3 unspecified atom stereocenters. The molecule has 98 valence electrons. The number of ether oxygens (including phenoxy) is 2. The SMILES string of the molecule is CC1OC(c2ccccc2)OC1c1ccccc1N. The van der Waals surface area contributed by atoms with Gasteiger partial charge in [-0.25, -0.2) is 0 Å². The highest BCUT2D eigenvalue weighted by Gasteiger charge is 2.35. The van der Waals surface area contributed by atoms with Gasteiger partial charge in [-0.05, 0) is 13.0 Å². The Morgan fingerprint density at radius 3 is 2.32 bits per heavy atom. The second kappa shape index (κ2) is 5.03. The van der Waals surface area contributed by atoms with Crippen LogP contribution in [0.5, 0.6) is 0 Å². The zero-order valence-electron chi connectivity index (χ0n) is 10.8. The van der Waals surface area contributed by atoms with Crippen molar-refractivity contribution in [1.29, 1.82) is 0 Å². The lowest BCUT2D eigenvalue weighted by atomic mass is 10.0. The molecule has 1 fully saturated rings. The molecule has 2 N–H and O–H groups in total. The summed E-state index contributed by atoms with van der Waals surface area (Å²) in [5, 5.41) is 0. The third kappa shape index (κ3) is 2.35. The molecule has 1 saturated heterocycles. The van der Waals surface area contributed by atoms with Gasteiger partial charge in [0.15, 0.2) is 6.29 Å². The van der Waals surface area contributed by atoms with E-state index in [4.69, 9.17) is 15.2 Å². The molecule has 1 aliphatic heterocycles. The lowest BCUT2D eigenvalue weighted by molar-refractivity contribution is -0.0676. The highest BCUT2D eigenvalue weighted by molar-refractivity contribution is 5.48. The third-order valence-corrected chi connectivity index (χ3v) is 3.41. The Hall–Kier alpha value is -1.84. The van der Waals surface area contributed by atoms with Gasteiger partial charge in [0.1, 0.15) is 6.10 Å². The number of rotatable bonds is 2. The van der Waals surface area contributed by atoms with Crippen LogP contribution in [-0.2, 0) is 9.47 Å². The number of para-hydroxylation sites is 1. The number of hydrogen-bond acceptors (Lipinski definition) is 3. The average Bonchev–Trinajstić information content (AvgIpc) is 2.82. The summed E-state index contributed by atoms with van der Waals surface area (Å²) in [4.78, 5) is 0. The lowest BCUT2D eigenvalue weighted by Gasteiger charge is -2.15. The quantitative estimate of drug-likeness (QED) is 0.836. The first-order valence-electron chi connectivity index (χ1n) is 6.46. The fourth-order valence-electron chi connectivity index (χ4n) is 2.41. The molecule has 0 radical (unpaired) electrons. The molecule has 0 bridgehead atoms. The second-order valence-electron chi connectivity index (χ2n) is 4.77. The highest BCUT2D eigenvalue weighted by Crippen LogP contribution is 2.41. The Bertz CT molecular complexity index is 556. The maximum atomic E-state index is 6.02. The van der Waals surface area contributed by atoms with Crippen molar-refractivity contribution >= 4 is 5.69 Å². The minimum absolute atomic E-state index is 0.0186. The van der Waals surface area contributed by atoms with E-state index in [1.165, 1.54) is 0 Å². The van der Waals surface area contributed by atoms with E-state index in [-0.39, 0.29) is 18.5 Å². The zero-order chi connectivity index (χ0) is 13.2. The van der Waals surface area contributed by atoms with Gasteiger partial charge >= 0.3 is 0 Å². The van der Waals surface area contributed by atoms with E-state index < -0.39 is 0 Å². The van der Waals surface area contributed by atoms with Gasteiger partial charge in [0.25, 0.3) is 0 Å². The average molecular weight is 255 g/mol. The van der Waals surface area contributed by atoms with Gasteiger partial charge in [0, 0.05) is 16.8 Å². The van der Waals surface area contributed by atoms with Crippen molar-refractivity contribution in [2.45, 2.75) is 25.4 Å². The number of hydrogen-bond donors (Lipinski definition) is 1. The summed E-state index contributed by atoms with van der Waals surface area (Å²) >= 11 is 0. The van der Waals surface area contributed by atoms with Crippen LogP contribution in [0, 0.1) is 0 Å². The molecule has 1 heterocycles. The third-order valence-electron chi connectivity index (χ3n) is 3.41. The molecule has 0 saturated carbocycles. The molecule has 3 rings (SSSR count). The van der Waals surface area contributed by atoms with Crippen molar-refractivity contribution < 1.29 is 9.47 Å². The van der Waals surface area contributed by atoms with Crippen molar-refractivity contribution in [3.05, 3.63) is 65.7 Å². The maximum absolute atomic E-state index is 6.02. The number of nitrogen functional groups attached to an aromatic ring is 1. The van der Waals surface area contributed by atoms with Gasteiger partial charge < -0.3 is 15.2 Å². The molecule has 1 aliphatic rings. The van der Waals surface area contributed by atoms with Crippen LogP contribution in [0.4, 0.5) is 5.69 Å². The second-order valence-corrected chi connectivity index (χ2v) is 4.77. The predicted octanol–water partition coefficient (Wildman–Crippen LogP) is 3.44. The Balaban J connectivity index is 1.85. The Morgan fingerprint density at radius 2 is 1.58 bits per heavy atom. The Kier molecular flexibility index (Phi) is 3.23. The number of nitrogens with two attached hydrogens (primary N) is 1. The molecule has 3 nitrogen and oxygen atoms in total. The van der Waals surface area contributed by atoms with Crippen LogP contribution < -0.4 is 5.73 Å². The fraction of sp³-hybridized carbons (Fsp3) is 0.250. The summed E-state index contributed by atoms with van der Waals surface area (Å²) in [6.45, 7) is 2.01. The molecule has 2 aromatic rings. The van der Waals surface area contributed by atoms with Crippen LogP contribution in [0.1, 0.15) is 30.4 Å². The highest BCUT2D eigenvalue weighted by atomic mass is 16.7. The molecular weight excluding hydrogens is 238 g/mol. The van der Waals surface area contributed by atoms with Crippen molar-refractivity contribution in [3.63, 3.8) is 0 Å². The summed E-state index contributed by atoms with van der Waals surface area (Å²) in [6.07, 6.45) is -0.456. The van der Waals surface area contributed by atoms with Crippen LogP contribution in [0.3, 0.4) is 0 Å². The first kappa shape index (κ1) is 12.2. The van der Waals surface area contributed by atoms with Crippen LogP contribution in [-0.4, -0.2) is 6.10 Å². The van der Waals surface area contributed by atoms with Gasteiger partial charge in [-0.1, -0.05) is 48.5 Å². The van der Waals surface area contributed by atoms with E-state index in [9.17, 15) is 0 Å². The van der Waals surface area contributed by atoms with Crippen molar-refractivity contribution in [3.8, 4) is 0 Å². The minimum Gasteiger partial charge on any atom is -0.398 e. The first-order chi connectivity index (χ1) is 9.25. The van der Waals surface area contributed by atoms with E-state index in [2.05, 4.69) is 0 Å². The number of anilines is 1. The molecule has 19 heavy (non-hydrogen) atoms. The predicted molar refractivity (Wildman–Crippen MR) is 74.4 cm³/mol. The molecule has 0 aromatic heterocycles. The molecule has 0 spiro atoms. The van der Waals surface area contributed by atoms with Gasteiger partial charge in [-0.2, -0.15) is 0 Å². The van der Waals surface area contributed by atoms with E-state index >= 15 is 0 Å². The van der Waals surface area contributed by atoms with Crippen LogP contribution in [0.25, 0.3) is 0 Å². The van der Waals surface area contributed by atoms with Crippen LogP contribution >= 0.6 is 0 Å². The van der Waals surface area contributed by atoms with Gasteiger partial charge in [0.05, 0.1) is 6.10 Å². The first-order valence-corrected chi connectivity index (χ1v) is 6.46. The zero-order valence-corrected chi connectivity index (χ0v) is 10.8. The normalized spacial score (nSPS) is 26.5. The van der Waals surface area contributed by atoms with Crippen molar-refractivity contribution in [2.75, 3.05) is 5.73 Å². The summed E-state index contributed by atoms with van der Waals surface area (Å²) in [7, 11) is 0. The topological polar surface area (TPSA) is 44.5 Å². The van der Waals surface area contributed by atoms with E-state index in [0.29, 0.717) is 0 Å². The Morgan fingerprint density at radius 1 is 0.895 bits per heavy atom. The van der Waals surface area contributed by atoms with Gasteiger partial charge in [0.2, 0.25) is 0 Å².